The molecular weight excluding hydrogens is 411 g/mol. The zero-order valence-corrected chi connectivity index (χ0v) is 18.7. The second-order valence-corrected chi connectivity index (χ2v) is 8.23. The number of carbonyl (C=O) groups is 1. The summed E-state index contributed by atoms with van der Waals surface area (Å²) in [5.74, 6) is -0.0113. The van der Waals surface area contributed by atoms with E-state index >= 15 is 0 Å². The number of aromatic nitrogens is 2. The predicted molar refractivity (Wildman–Crippen MR) is 124 cm³/mol. The van der Waals surface area contributed by atoms with Gasteiger partial charge in [0.2, 0.25) is 0 Å². The Labute approximate surface area is 187 Å². The van der Waals surface area contributed by atoms with Gasteiger partial charge in [-0.3, -0.25) is 4.79 Å². The number of hydrogen-bond donors (Lipinski definition) is 3. The first-order chi connectivity index (χ1) is 15.5. The van der Waals surface area contributed by atoms with E-state index in [9.17, 15) is 9.18 Å². The van der Waals surface area contributed by atoms with E-state index in [-0.39, 0.29) is 17.3 Å². The average Bonchev–Trinajstić information content (AvgIpc) is 2.80. The summed E-state index contributed by atoms with van der Waals surface area (Å²) in [6, 6.07) is 4.98. The van der Waals surface area contributed by atoms with Gasteiger partial charge in [-0.1, -0.05) is 6.92 Å². The van der Waals surface area contributed by atoms with Crippen LogP contribution in [-0.4, -0.2) is 80.2 Å². The first-order valence-corrected chi connectivity index (χ1v) is 11.1. The maximum atomic E-state index is 14.9. The SMILES string of the molecule is CCc1nc(C(N)=O)c(Nc2ccc(N3CCN(C)CC3)c(F)c2)nc1N1CCNCC1. The summed E-state index contributed by atoms with van der Waals surface area (Å²) in [5.41, 5.74) is 7.45. The third-order valence-electron chi connectivity index (χ3n) is 5.99. The van der Waals surface area contributed by atoms with Crippen molar-refractivity contribution in [3.05, 3.63) is 35.4 Å². The fraction of sp³-hybridized carbons (Fsp3) is 0.500. The summed E-state index contributed by atoms with van der Waals surface area (Å²) in [6.07, 6.45) is 0.626. The van der Waals surface area contributed by atoms with Gasteiger partial charge in [0.15, 0.2) is 17.3 Å². The summed E-state index contributed by atoms with van der Waals surface area (Å²) in [7, 11) is 2.07. The molecule has 1 amide bonds. The molecule has 1 aromatic heterocycles. The molecule has 1 aromatic carbocycles. The molecule has 0 spiro atoms. The number of likely N-dealkylation sites (N-methyl/N-ethyl adjacent to an activating group) is 1. The maximum Gasteiger partial charge on any atom is 0.271 e. The molecular formula is C22H31FN8O. The van der Waals surface area contributed by atoms with Gasteiger partial charge in [-0.15, -0.1) is 0 Å². The van der Waals surface area contributed by atoms with Crippen LogP contribution in [0.3, 0.4) is 0 Å². The van der Waals surface area contributed by atoms with Crippen LogP contribution in [0, 0.1) is 5.82 Å². The van der Waals surface area contributed by atoms with E-state index in [1.54, 1.807) is 12.1 Å². The van der Waals surface area contributed by atoms with Crippen molar-refractivity contribution in [2.24, 2.45) is 5.73 Å². The highest BCUT2D eigenvalue weighted by Gasteiger charge is 2.23. The van der Waals surface area contributed by atoms with E-state index in [0.29, 0.717) is 17.8 Å². The summed E-state index contributed by atoms with van der Waals surface area (Å²) in [6.45, 7) is 8.63. The molecule has 0 unspecified atom stereocenters. The van der Waals surface area contributed by atoms with Gasteiger partial charge in [0.05, 0.1) is 11.4 Å². The van der Waals surface area contributed by atoms with E-state index < -0.39 is 5.91 Å². The number of nitrogens with one attached hydrogen (secondary N) is 2. The number of piperazine rings is 2. The average molecular weight is 443 g/mol. The lowest BCUT2D eigenvalue weighted by molar-refractivity contribution is 0.0996. The standard InChI is InChI=1S/C22H31FN8O/c1-3-17-22(31-8-6-25-7-9-31)28-21(19(27-17)20(24)32)26-15-4-5-18(16(23)14-15)30-12-10-29(2)11-13-30/h4-5,14,25H,3,6-13H2,1-2H3,(H2,24,32)(H,26,28). The van der Waals surface area contributed by atoms with Crippen molar-refractivity contribution in [2.45, 2.75) is 13.3 Å². The first-order valence-electron chi connectivity index (χ1n) is 11.1. The van der Waals surface area contributed by atoms with Gasteiger partial charge in [-0.2, -0.15) is 0 Å². The molecule has 0 bridgehead atoms. The smallest absolute Gasteiger partial charge is 0.271 e. The number of primary amides is 1. The quantitative estimate of drug-likeness (QED) is 0.613. The zero-order chi connectivity index (χ0) is 22.7. The molecule has 2 fully saturated rings. The van der Waals surface area contributed by atoms with Crippen LogP contribution in [0.15, 0.2) is 18.2 Å². The highest BCUT2D eigenvalue weighted by atomic mass is 19.1. The van der Waals surface area contributed by atoms with Gasteiger partial charge in [-0.25, -0.2) is 14.4 Å². The van der Waals surface area contributed by atoms with Gasteiger partial charge in [0.1, 0.15) is 5.82 Å². The molecule has 0 aliphatic carbocycles. The number of halogens is 1. The number of nitrogens with zero attached hydrogens (tertiary/aromatic N) is 5. The fourth-order valence-corrected chi connectivity index (χ4v) is 4.11. The Balaban J connectivity index is 1.62. The van der Waals surface area contributed by atoms with Crippen molar-refractivity contribution in [1.82, 2.24) is 20.2 Å². The van der Waals surface area contributed by atoms with E-state index in [1.807, 2.05) is 11.8 Å². The second-order valence-electron chi connectivity index (χ2n) is 8.23. The third-order valence-corrected chi connectivity index (χ3v) is 5.99. The maximum absolute atomic E-state index is 14.9. The molecule has 0 atom stereocenters. The molecule has 3 heterocycles. The summed E-state index contributed by atoms with van der Waals surface area (Å²) < 4.78 is 14.9. The van der Waals surface area contributed by atoms with Gasteiger partial charge < -0.3 is 31.1 Å². The van der Waals surface area contributed by atoms with Crippen molar-refractivity contribution in [1.29, 1.82) is 0 Å². The zero-order valence-electron chi connectivity index (χ0n) is 18.7. The summed E-state index contributed by atoms with van der Waals surface area (Å²) >= 11 is 0. The van der Waals surface area contributed by atoms with Crippen molar-refractivity contribution in [3.63, 3.8) is 0 Å². The highest BCUT2D eigenvalue weighted by molar-refractivity contribution is 5.96. The molecule has 9 nitrogen and oxygen atoms in total. The molecule has 4 N–H and O–H groups in total. The van der Waals surface area contributed by atoms with Crippen molar-refractivity contribution < 1.29 is 9.18 Å². The van der Waals surface area contributed by atoms with Crippen LogP contribution in [0.1, 0.15) is 23.1 Å². The molecule has 2 saturated heterocycles. The Kier molecular flexibility index (Phi) is 6.71. The topological polar surface area (TPSA) is 103 Å². The number of anilines is 4. The summed E-state index contributed by atoms with van der Waals surface area (Å²) in [5, 5.41) is 6.40. The molecule has 0 radical (unpaired) electrons. The minimum atomic E-state index is -0.670. The predicted octanol–water partition coefficient (Wildman–Crippen LogP) is 1.18. The van der Waals surface area contributed by atoms with Gasteiger partial charge in [0.25, 0.3) is 5.91 Å². The lowest BCUT2D eigenvalue weighted by atomic mass is 10.2. The van der Waals surface area contributed by atoms with Crippen LogP contribution in [-0.2, 0) is 6.42 Å². The molecule has 2 aliphatic heterocycles. The Morgan fingerprint density at radius 1 is 1.12 bits per heavy atom. The van der Waals surface area contributed by atoms with Crippen LogP contribution in [0.4, 0.5) is 27.4 Å². The number of carbonyl (C=O) groups excluding carboxylic acids is 1. The number of nitrogens with two attached hydrogens (primary N) is 1. The van der Waals surface area contributed by atoms with Crippen molar-refractivity contribution in [3.8, 4) is 0 Å². The van der Waals surface area contributed by atoms with Crippen molar-refractivity contribution >= 4 is 28.9 Å². The number of hydrogen-bond acceptors (Lipinski definition) is 8. The molecule has 10 heteroatoms. The molecule has 2 aromatic rings. The lowest BCUT2D eigenvalue weighted by Gasteiger charge is -2.34. The first kappa shape index (κ1) is 22.2. The normalized spacial score (nSPS) is 17.5. The Morgan fingerprint density at radius 2 is 1.84 bits per heavy atom. The minimum Gasteiger partial charge on any atom is -0.367 e. The van der Waals surface area contributed by atoms with E-state index in [2.05, 4.69) is 32.5 Å². The van der Waals surface area contributed by atoms with Crippen molar-refractivity contribution in [2.75, 3.05) is 74.5 Å². The monoisotopic (exact) mass is 442 g/mol. The van der Waals surface area contributed by atoms with Crippen LogP contribution in [0.25, 0.3) is 0 Å². The fourth-order valence-electron chi connectivity index (χ4n) is 4.11. The van der Waals surface area contributed by atoms with Gasteiger partial charge in [0, 0.05) is 58.0 Å². The minimum absolute atomic E-state index is 0.0595. The van der Waals surface area contributed by atoms with E-state index in [1.165, 1.54) is 6.07 Å². The van der Waals surface area contributed by atoms with Crippen LogP contribution < -0.4 is 26.2 Å². The Hall–Kier alpha value is -2.98. The lowest BCUT2D eigenvalue weighted by Crippen LogP contribution is -2.44. The number of rotatable bonds is 6. The number of benzene rings is 1. The third kappa shape index (κ3) is 4.76. The molecule has 172 valence electrons. The number of amides is 1. The second kappa shape index (κ2) is 9.66. The van der Waals surface area contributed by atoms with Gasteiger partial charge in [-0.05, 0) is 31.7 Å². The van der Waals surface area contributed by atoms with Gasteiger partial charge >= 0.3 is 0 Å². The van der Waals surface area contributed by atoms with Crippen LogP contribution in [0.2, 0.25) is 0 Å². The number of aryl methyl sites for hydroxylation is 1. The molecule has 0 saturated carbocycles. The van der Waals surface area contributed by atoms with E-state index in [4.69, 9.17) is 10.7 Å². The molecule has 4 rings (SSSR count). The molecule has 32 heavy (non-hydrogen) atoms. The highest BCUT2D eigenvalue weighted by Crippen LogP contribution is 2.28. The Morgan fingerprint density at radius 3 is 2.47 bits per heavy atom. The van der Waals surface area contributed by atoms with Crippen LogP contribution in [0.5, 0.6) is 0 Å². The van der Waals surface area contributed by atoms with E-state index in [0.717, 1.165) is 63.9 Å². The molecule has 2 aliphatic rings. The Bertz CT molecular complexity index is 971. The van der Waals surface area contributed by atoms with Crippen LogP contribution >= 0.6 is 0 Å². The largest absolute Gasteiger partial charge is 0.367 e. The summed E-state index contributed by atoms with van der Waals surface area (Å²) in [4.78, 5) is 27.7.